The van der Waals surface area contributed by atoms with E-state index >= 15 is 0 Å². The fourth-order valence-corrected chi connectivity index (χ4v) is 4.70. The van der Waals surface area contributed by atoms with E-state index in [0.717, 1.165) is 24.9 Å². The molecule has 7 heteroatoms. The molecule has 0 bridgehead atoms. The van der Waals surface area contributed by atoms with Gasteiger partial charge in [-0.1, -0.05) is 29.3 Å². The molecule has 1 aliphatic rings. The highest BCUT2D eigenvalue weighted by molar-refractivity contribution is 7.10. The molecule has 0 spiro atoms. The van der Waals surface area contributed by atoms with Crippen LogP contribution in [0, 0.1) is 0 Å². The lowest BCUT2D eigenvalue weighted by atomic mass is 9.93. The molecular weight excluding hydrogens is 391 g/mol. The normalized spacial score (nSPS) is 16.6. The number of amides is 1. The van der Waals surface area contributed by atoms with E-state index in [1.807, 2.05) is 17.0 Å². The summed E-state index contributed by atoms with van der Waals surface area (Å²) in [5.74, 6) is 0.0790. The number of hydrogen-bond donors (Lipinski definition) is 1. The number of hydrogen-bond acceptors (Lipinski definition) is 4. The maximum absolute atomic E-state index is 12.9. The Hall–Kier alpha value is -1.11. The number of halogens is 2. The highest BCUT2D eigenvalue weighted by atomic mass is 35.5. The molecule has 0 saturated heterocycles. The average Bonchev–Trinajstić information content (AvgIpc) is 3.10. The van der Waals surface area contributed by atoms with Gasteiger partial charge in [-0.3, -0.25) is 4.79 Å². The van der Waals surface area contributed by atoms with E-state index < -0.39 is 0 Å². The Labute approximate surface area is 168 Å². The van der Waals surface area contributed by atoms with Gasteiger partial charge in [0.05, 0.1) is 12.6 Å². The second kappa shape index (κ2) is 9.20. The maximum atomic E-state index is 12.9. The summed E-state index contributed by atoms with van der Waals surface area (Å²) in [6.07, 6.45) is 1.76. The van der Waals surface area contributed by atoms with E-state index in [-0.39, 0.29) is 11.9 Å². The Morgan fingerprint density at radius 3 is 2.96 bits per heavy atom. The number of fused-ring (bicyclic) bond motifs is 1. The molecule has 3 rings (SSSR count). The first-order chi connectivity index (χ1) is 12.6. The van der Waals surface area contributed by atoms with Crippen molar-refractivity contribution in [3.63, 3.8) is 0 Å². The molecule has 0 fully saturated rings. The van der Waals surface area contributed by atoms with Gasteiger partial charge >= 0.3 is 0 Å². The van der Waals surface area contributed by atoms with Crippen molar-refractivity contribution in [3.05, 3.63) is 55.7 Å². The van der Waals surface area contributed by atoms with Crippen LogP contribution in [-0.2, 0) is 16.0 Å². The third-order valence-corrected chi connectivity index (χ3v) is 6.08. The summed E-state index contributed by atoms with van der Waals surface area (Å²) in [5.41, 5.74) is 2.08. The van der Waals surface area contributed by atoms with E-state index in [2.05, 4.69) is 16.8 Å². The number of carbonyl (C=O) groups excluding carboxylic acids is 1. The smallest absolute Gasteiger partial charge is 0.237 e. The van der Waals surface area contributed by atoms with Crippen LogP contribution in [0.4, 0.5) is 0 Å². The van der Waals surface area contributed by atoms with Crippen molar-refractivity contribution in [2.45, 2.75) is 18.9 Å². The molecule has 26 heavy (non-hydrogen) atoms. The topological polar surface area (TPSA) is 41.6 Å². The van der Waals surface area contributed by atoms with Gasteiger partial charge in [-0.25, -0.2) is 0 Å². The number of carbonyl (C=O) groups is 1. The first-order valence-corrected chi connectivity index (χ1v) is 10.3. The molecule has 2 aromatic rings. The molecule has 1 N–H and O–H groups in total. The van der Waals surface area contributed by atoms with Crippen molar-refractivity contribution in [1.29, 1.82) is 0 Å². The second-order valence-corrected chi connectivity index (χ2v) is 8.07. The molecule has 4 nitrogen and oxygen atoms in total. The number of ether oxygens (including phenoxy) is 1. The van der Waals surface area contributed by atoms with Gasteiger partial charge < -0.3 is 15.0 Å². The Bertz CT molecular complexity index is 766. The minimum atomic E-state index is -0.164. The molecule has 140 valence electrons. The number of methoxy groups -OCH3 is 1. The van der Waals surface area contributed by atoms with Crippen molar-refractivity contribution in [2.24, 2.45) is 0 Å². The van der Waals surface area contributed by atoms with Crippen LogP contribution >= 0.6 is 34.5 Å². The van der Waals surface area contributed by atoms with Gasteiger partial charge in [-0.05, 0) is 54.1 Å². The number of rotatable bonds is 7. The van der Waals surface area contributed by atoms with E-state index in [0.29, 0.717) is 29.7 Å². The molecule has 0 radical (unpaired) electrons. The lowest BCUT2D eigenvalue weighted by Crippen LogP contribution is -2.44. The average molecular weight is 413 g/mol. The SMILES string of the molecule is COCCCNCC(=O)N1CCc2sccc2[C@H]1c1ccc(Cl)cc1Cl. The van der Waals surface area contributed by atoms with Crippen LogP contribution in [0.1, 0.15) is 28.5 Å². The van der Waals surface area contributed by atoms with Crippen molar-refractivity contribution >= 4 is 40.4 Å². The quantitative estimate of drug-likeness (QED) is 0.694. The Morgan fingerprint density at radius 1 is 1.35 bits per heavy atom. The fourth-order valence-electron chi connectivity index (χ4n) is 3.28. The van der Waals surface area contributed by atoms with Crippen LogP contribution in [0.2, 0.25) is 10.0 Å². The van der Waals surface area contributed by atoms with Gasteiger partial charge in [-0.15, -0.1) is 11.3 Å². The Kier molecular flexibility index (Phi) is 6.95. The molecule has 0 saturated carbocycles. The van der Waals surface area contributed by atoms with Gasteiger partial charge in [-0.2, -0.15) is 0 Å². The van der Waals surface area contributed by atoms with Gasteiger partial charge in [0.1, 0.15) is 0 Å². The van der Waals surface area contributed by atoms with E-state index in [1.54, 1.807) is 24.5 Å². The monoisotopic (exact) mass is 412 g/mol. The molecule has 1 atom stereocenters. The lowest BCUT2D eigenvalue weighted by Gasteiger charge is -2.37. The molecule has 0 aliphatic carbocycles. The summed E-state index contributed by atoms with van der Waals surface area (Å²) in [4.78, 5) is 16.1. The van der Waals surface area contributed by atoms with Crippen LogP contribution in [-0.4, -0.2) is 44.2 Å². The second-order valence-electron chi connectivity index (χ2n) is 6.23. The fraction of sp³-hybridized carbons (Fsp3) is 0.421. The summed E-state index contributed by atoms with van der Waals surface area (Å²) in [6, 6.07) is 7.43. The highest BCUT2D eigenvalue weighted by Crippen LogP contribution is 2.40. The van der Waals surface area contributed by atoms with Gasteiger partial charge in [0.2, 0.25) is 5.91 Å². The first kappa shape index (κ1) is 19.6. The number of thiophene rings is 1. The number of nitrogens with one attached hydrogen (secondary N) is 1. The standard InChI is InChI=1S/C19H22Cl2N2O2S/c1-25-9-2-7-22-12-18(24)23-8-5-17-15(6-10-26-17)19(23)14-4-3-13(20)11-16(14)21/h3-4,6,10-11,19,22H,2,5,7-9,12H2,1H3/t19-/m1/s1. The zero-order valence-corrected chi connectivity index (χ0v) is 17.0. The molecule has 0 unspecified atom stereocenters. The molecule has 1 aromatic heterocycles. The number of nitrogens with zero attached hydrogens (tertiary/aromatic N) is 1. The van der Waals surface area contributed by atoms with Gasteiger partial charge in [0.25, 0.3) is 0 Å². The predicted octanol–water partition coefficient (Wildman–Crippen LogP) is 4.16. The summed E-state index contributed by atoms with van der Waals surface area (Å²) < 4.78 is 5.03. The van der Waals surface area contributed by atoms with Crippen LogP contribution in [0.15, 0.2) is 29.6 Å². The largest absolute Gasteiger partial charge is 0.385 e. The third kappa shape index (κ3) is 4.41. The molecule has 1 aliphatic heterocycles. The van der Waals surface area contributed by atoms with Crippen molar-refractivity contribution in [3.8, 4) is 0 Å². The summed E-state index contributed by atoms with van der Waals surface area (Å²) in [6.45, 7) is 2.44. The van der Waals surface area contributed by atoms with Gasteiger partial charge in [0.15, 0.2) is 0 Å². The highest BCUT2D eigenvalue weighted by Gasteiger charge is 2.33. The van der Waals surface area contributed by atoms with E-state index in [4.69, 9.17) is 27.9 Å². The van der Waals surface area contributed by atoms with E-state index in [1.165, 1.54) is 10.4 Å². The molecule has 1 aromatic carbocycles. The van der Waals surface area contributed by atoms with Crippen LogP contribution < -0.4 is 5.32 Å². The number of benzene rings is 1. The zero-order valence-electron chi connectivity index (χ0n) is 14.6. The summed E-state index contributed by atoms with van der Waals surface area (Å²) in [7, 11) is 1.68. The summed E-state index contributed by atoms with van der Waals surface area (Å²) >= 11 is 14.3. The minimum absolute atomic E-state index is 0.0790. The van der Waals surface area contributed by atoms with Crippen LogP contribution in [0.3, 0.4) is 0 Å². The maximum Gasteiger partial charge on any atom is 0.237 e. The molecular formula is C19H22Cl2N2O2S. The lowest BCUT2D eigenvalue weighted by molar-refractivity contribution is -0.132. The van der Waals surface area contributed by atoms with Gasteiger partial charge in [0, 0.05) is 35.2 Å². The van der Waals surface area contributed by atoms with Crippen LogP contribution in [0.5, 0.6) is 0 Å². The van der Waals surface area contributed by atoms with Crippen molar-refractivity contribution in [2.75, 3.05) is 33.4 Å². The Morgan fingerprint density at radius 2 is 2.19 bits per heavy atom. The van der Waals surface area contributed by atoms with E-state index in [9.17, 15) is 4.79 Å². The van der Waals surface area contributed by atoms with Crippen molar-refractivity contribution < 1.29 is 9.53 Å². The molecule has 1 amide bonds. The van der Waals surface area contributed by atoms with Crippen molar-refractivity contribution in [1.82, 2.24) is 10.2 Å². The molecule has 2 heterocycles. The Balaban J connectivity index is 1.81. The minimum Gasteiger partial charge on any atom is -0.385 e. The predicted molar refractivity (Wildman–Crippen MR) is 107 cm³/mol. The van der Waals surface area contributed by atoms with Crippen LogP contribution in [0.25, 0.3) is 0 Å². The first-order valence-electron chi connectivity index (χ1n) is 8.62. The third-order valence-electron chi connectivity index (χ3n) is 4.52. The summed E-state index contributed by atoms with van der Waals surface area (Å²) in [5, 5.41) is 6.48. The zero-order chi connectivity index (χ0) is 18.5.